The molecule has 3 aliphatic rings. The number of hydrogen-bond acceptors (Lipinski definition) is 4. The van der Waals surface area contributed by atoms with E-state index < -0.39 is 5.60 Å². The van der Waals surface area contributed by atoms with Gasteiger partial charge in [0.05, 0.1) is 0 Å². The van der Waals surface area contributed by atoms with Crippen LogP contribution in [0.15, 0.2) is 0 Å². The minimum absolute atomic E-state index is 0.138. The van der Waals surface area contributed by atoms with Crippen molar-refractivity contribution in [3.8, 4) is 0 Å². The van der Waals surface area contributed by atoms with E-state index in [1.165, 1.54) is 58.3 Å². The maximum Gasteiger partial charge on any atom is 0.410 e. The van der Waals surface area contributed by atoms with Crippen LogP contribution in [0.4, 0.5) is 4.79 Å². The first-order chi connectivity index (χ1) is 12.8. The summed E-state index contributed by atoms with van der Waals surface area (Å²) in [5.41, 5.74) is -0.402. The van der Waals surface area contributed by atoms with Crippen LogP contribution in [0, 0.1) is 11.8 Å². The molecule has 5 heteroatoms. The third-order valence-corrected chi connectivity index (χ3v) is 6.49. The lowest BCUT2D eigenvalue weighted by molar-refractivity contribution is 0.0282. The molecule has 0 saturated carbocycles. The lowest BCUT2D eigenvalue weighted by Crippen LogP contribution is -2.46. The topological polar surface area (TPSA) is 36.0 Å². The first-order valence-corrected chi connectivity index (χ1v) is 11.2. The van der Waals surface area contributed by atoms with Crippen molar-refractivity contribution in [1.29, 1.82) is 0 Å². The molecule has 0 bridgehead atoms. The van der Waals surface area contributed by atoms with Gasteiger partial charge in [-0.1, -0.05) is 6.42 Å². The molecule has 27 heavy (non-hydrogen) atoms. The fourth-order valence-corrected chi connectivity index (χ4v) is 5.07. The molecule has 0 aliphatic carbocycles. The summed E-state index contributed by atoms with van der Waals surface area (Å²) >= 11 is 0. The van der Waals surface area contributed by atoms with Crippen molar-refractivity contribution in [3.63, 3.8) is 0 Å². The third-order valence-electron chi connectivity index (χ3n) is 6.49. The van der Waals surface area contributed by atoms with Crippen LogP contribution in [-0.4, -0.2) is 78.2 Å². The Kier molecular flexibility index (Phi) is 7.07. The number of hydrogen-bond donors (Lipinski definition) is 0. The van der Waals surface area contributed by atoms with Gasteiger partial charge in [-0.15, -0.1) is 0 Å². The highest BCUT2D eigenvalue weighted by Gasteiger charge is 2.32. The van der Waals surface area contributed by atoms with Crippen molar-refractivity contribution in [2.24, 2.45) is 11.8 Å². The highest BCUT2D eigenvalue weighted by Crippen LogP contribution is 2.25. The molecule has 3 heterocycles. The van der Waals surface area contributed by atoms with E-state index in [2.05, 4.69) is 16.7 Å². The predicted octanol–water partition coefficient (Wildman–Crippen LogP) is 3.83. The second-order valence-electron chi connectivity index (χ2n) is 10.2. The van der Waals surface area contributed by atoms with Crippen molar-refractivity contribution >= 4 is 6.09 Å². The number of carbonyl (C=O) groups excluding carboxylic acids is 1. The third kappa shape index (κ3) is 6.35. The standard InChI is InChI=1S/C22H41N3O2/c1-18-8-5-6-12-24(18)16-19-9-7-11-23(14-19)15-20-10-13-25(17-20)21(26)27-22(2,3)4/h18-20H,5-17H2,1-4H3/t18-,19+,20-/m1/s1. The van der Waals surface area contributed by atoms with Crippen LogP contribution in [0.25, 0.3) is 0 Å². The summed E-state index contributed by atoms with van der Waals surface area (Å²) in [4.78, 5) is 19.6. The zero-order valence-corrected chi connectivity index (χ0v) is 18.1. The molecule has 3 fully saturated rings. The normalized spacial score (nSPS) is 31.3. The van der Waals surface area contributed by atoms with Crippen molar-refractivity contribution < 1.29 is 9.53 Å². The number of carbonyl (C=O) groups is 1. The zero-order chi connectivity index (χ0) is 19.4. The van der Waals surface area contributed by atoms with Crippen LogP contribution < -0.4 is 0 Å². The number of ether oxygens (including phenoxy) is 1. The second kappa shape index (κ2) is 9.13. The average Bonchev–Trinajstić information content (AvgIpc) is 3.04. The molecule has 1 amide bonds. The van der Waals surface area contributed by atoms with Crippen molar-refractivity contribution in [1.82, 2.24) is 14.7 Å². The smallest absolute Gasteiger partial charge is 0.410 e. The molecule has 3 aliphatic heterocycles. The van der Waals surface area contributed by atoms with E-state index >= 15 is 0 Å². The monoisotopic (exact) mass is 379 g/mol. The van der Waals surface area contributed by atoms with Crippen LogP contribution in [0.2, 0.25) is 0 Å². The van der Waals surface area contributed by atoms with Crippen LogP contribution in [0.3, 0.4) is 0 Å². The highest BCUT2D eigenvalue weighted by molar-refractivity contribution is 5.68. The SMILES string of the molecule is C[C@@H]1CCCCN1C[C@H]1CCCN(C[C@H]2CCN(C(=O)OC(C)(C)C)C2)C1. The molecule has 0 aromatic heterocycles. The van der Waals surface area contributed by atoms with E-state index in [1.807, 2.05) is 25.7 Å². The van der Waals surface area contributed by atoms with E-state index in [4.69, 9.17) is 4.74 Å². The van der Waals surface area contributed by atoms with Gasteiger partial charge in [0.25, 0.3) is 0 Å². The van der Waals surface area contributed by atoms with Crippen molar-refractivity contribution in [2.45, 2.75) is 77.9 Å². The molecule has 0 aromatic carbocycles. The Hall–Kier alpha value is -0.810. The van der Waals surface area contributed by atoms with Crippen molar-refractivity contribution in [3.05, 3.63) is 0 Å². The number of piperidine rings is 2. The molecule has 0 spiro atoms. The lowest BCUT2D eigenvalue weighted by atomic mass is 9.94. The zero-order valence-electron chi connectivity index (χ0n) is 18.1. The van der Waals surface area contributed by atoms with E-state index in [9.17, 15) is 4.79 Å². The van der Waals surface area contributed by atoms with Gasteiger partial charge in [-0.25, -0.2) is 4.79 Å². The summed E-state index contributed by atoms with van der Waals surface area (Å²) in [6.07, 6.45) is 7.85. The molecule has 0 radical (unpaired) electrons. The fourth-order valence-electron chi connectivity index (χ4n) is 5.07. The summed E-state index contributed by atoms with van der Waals surface area (Å²) in [5, 5.41) is 0. The van der Waals surface area contributed by atoms with Gasteiger partial charge in [-0.05, 0) is 84.7 Å². The summed E-state index contributed by atoms with van der Waals surface area (Å²) < 4.78 is 5.54. The quantitative estimate of drug-likeness (QED) is 0.744. The predicted molar refractivity (Wildman–Crippen MR) is 110 cm³/mol. The van der Waals surface area contributed by atoms with Gasteiger partial charge in [-0.2, -0.15) is 0 Å². The Balaban J connectivity index is 1.42. The maximum absolute atomic E-state index is 12.3. The van der Waals surface area contributed by atoms with Gasteiger partial charge in [0, 0.05) is 38.8 Å². The average molecular weight is 380 g/mol. The minimum Gasteiger partial charge on any atom is -0.444 e. The molecule has 5 nitrogen and oxygen atoms in total. The van der Waals surface area contributed by atoms with Crippen LogP contribution >= 0.6 is 0 Å². The van der Waals surface area contributed by atoms with E-state index in [0.29, 0.717) is 5.92 Å². The summed E-state index contributed by atoms with van der Waals surface area (Å²) in [6, 6.07) is 0.770. The van der Waals surface area contributed by atoms with Gasteiger partial charge >= 0.3 is 6.09 Å². The summed E-state index contributed by atoms with van der Waals surface area (Å²) in [7, 11) is 0. The Bertz CT molecular complexity index is 490. The molecule has 0 aromatic rings. The second-order valence-corrected chi connectivity index (χ2v) is 10.2. The largest absolute Gasteiger partial charge is 0.444 e. The Labute approximate surface area is 166 Å². The summed E-state index contributed by atoms with van der Waals surface area (Å²) in [6.45, 7) is 16.1. The van der Waals surface area contributed by atoms with Gasteiger partial charge < -0.3 is 19.4 Å². The number of amides is 1. The molecule has 0 unspecified atom stereocenters. The Morgan fingerprint density at radius 1 is 0.926 bits per heavy atom. The molecule has 3 atom stereocenters. The van der Waals surface area contributed by atoms with E-state index in [1.54, 1.807) is 0 Å². The van der Waals surface area contributed by atoms with Crippen LogP contribution in [0.1, 0.15) is 66.2 Å². The van der Waals surface area contributed by atoms with E-state index in [-0.39, 0.29) is 6.09 Å². The molecular formula is C22H41N3O2. The van der Waals surface area contributed by atoms with Gasteiger partial charge in [-0.3, -0.25) is 0 Å². The van der Waals surface area contributed by atoms with Crippen LogP contribution in [0.5, 0.6) is 0 Å². The number of nitrogens with zero attached hydrogens (tertiary/aromatic N) is 3. The van der Waals surface area contributed by atoms with Gasteiger partial charge in [0.2, 0.25) is 0 Å². The molecule has 156 valence electrons. The minimum atomic E-state index is -0.402. The first-order valence-electron chi connectivity index (χ1n) is 11.2. The van der Waals surface area contributed by atoms with Crippen molar-refractivity contribution in [2.75, 3.05) is 45.8 Å². The maximum atomic E-state index is 12.3. The summed E-state index contributed by atoms with van der Waals surface area (Å²) in [5.74, 6) is 1.42. The van der Waals surface area contributed by atoms with E-state index in [0.717, 1.165) is 38.0 Å². The fraction of sp³-hybridized carbons (Fsp3) is 0.955. The Morgan fingerprint density at radius 2 is 1.70 bits per heavy atom. The lowest BCUT2D eigenvalue weighted by Gasteiger charge is -2.40. The highest BCUT2D eigenvalue weighted by atomic mass is 16.6. The molecular weight excluding hydrogens is 338 g/mol. The molecule has 3 rings (SSSR count). The number of rotatable bonds is 4. The van der Waals surface area contributed by atoms with Crippen LogP contribution in [-0.2, 0) is 4.74 Å². The van der Waals surface area contributed by atoms with Gasteiger partial charge in [0.15, 0.2) is 0 Å². The molecule has 3 saturated heterocycles. The number of likely N-dealkylation sites (tertiary alicyclic amines) is 3. The van der Waals surface area contributed by atoms with Gasteiger partial charge in [0.1, 0.15) is 5.60 Å². The first kappa shape index (κ1) is 20.9. The Morgan fingerprint density at radius 3 is 2.44 bits per heavy atom. The molecule has 0 N–H and O–H groups in total.